The summed E-state index contributed by atoms with van der Waals surface area (Å²) in [4.78, 5) is 19.9. The molecule has 8 heteroatoms. The molecule has 0 saturated heterocycles. The Morgan fingerprint density at radius 1 is 1.15 bits per heavy atom. The summed E-state index contributed by atoms with van der Waals surface area (Å²) in [5, 5.41) is 6.20. The van der Waals surface area contributed by atoms with Crippen molar-refractivity contribution in [3.63, 3.8) is 0 Å². The molecule has 1 aromatic carbocycles. The van der Waals surface area contributed by atoms with Crippen LogP contribution in [0.3, 0.4) is 0 Å². The minimum atomic E-state index is -0.00183. The van der Waals surface area contributed by atoms with Gasteiger partial charge in [-0.05, 0) is 27.1 Å². The van der Waals surface area contributed by atoms with E-state index >= 15 is 0 Å². The number of aliphatic imine (C=N–C) groups is 1. The number of carbonyl (C=O) groups is 1. The van der Waals surface area contributed by atoms with Crippen LogP contribution in [-0.2, 0) is 11.3 Å². The SMILES string of the molecule is CCNC(=NCc1ccccc1OCCN(C)C)NCC(=O)N(C)C.I. The molecule has 0 fully saturated rings. The Balaban J connectivity index is 0.00000625. The Bertz CT molecular complexity index is 564. The van der Waals surface area contributed by atoms with Gasteiger partial charge in [-0.15, -0.1) is 24.0 Å². The van der Waals surface area contributed by atoms with Crippen LogP contribution in [0.4, 0.5) is 0 Å². The van der Waals surface area contributed by atoms with Gasteiger partial charge in [0.15, 0.2) is 5.96 Å². The lowest BCUT2D eigenvalue weighted by molar-refractivity contribution is -0.127. The fourth-order valence-corrected chi connectivity index (χ4v) is 1.94. The van der Waals surface area contributed by atoms with Gasteiger partial charge in [-0.3, -0.25) is 4.79 Å². The third-order valence-electron chi connectivity index (χ3n) is 3.43. The van der Waals surface area contributed by atoms with Crippen molar-refractivity contribution in [2.75, 3.05) is 54.4 Å². The largest absolute Gasteiger partial charge is 0.492 e. The van der Waals surface area contributed by atoms with Crippen molar-refractivity contribution in [2.24, 2.45) is 4.99 Å². The van der Waals surface area contributed by atoms with E-state index in [2.05, 4.69) is 20.5 Å². The number of rotatable bonds is 9. The maximum atomic E-state index is 11.7. The van der Waals surface area contributed by atoms with Gasteiger partial charge in [0.2, 0.25) is 5.91 Å². The normalized spacial score (nSPS) is 10.9. The van der Waals surface area contributed by atoms with Crippen molar-refractivity contribution in [3.05, 3.63) is 29.8 Å². The molecule has 1 rings (SSSR count). The van der Waals surface area contributed by atoms with Crippen LogP contribution in [0.5, 0.6) is 5.75 Å². The summed E-state index contributed by atoms with van der Waals surface area (Å²) in [6, 6.07) is 7.89. The van der Waals surface area contributed by atoms with Crippen LogP contribution in [0, 0.1) is 0 Å². The molecule has 0 aliphatic carbocycles. The monoisotopic (exact) mass is 477 g/mol. The number of nitrogens with zero attached hydrogens (tertiary/aromatic N) is 3. The summed E-state index contributed by atoms with van der Waals surface area (Å²) < 4.78 is 5.86. The number of hydrogen-bond acceptors (Lipinski definition) is 4. The second-order valence-corrected chi connectivity index (χ2v) is 6.10. The Kier molecular flexibility index (Phi) is 12.8. The molecule has 0 atom stereocenters. The first-order valence-corrected chi connectivity index (χ1v) is 8.51. The van der Waals surface area contributed by atoms with E-state index in [4.69, 9.17) is 4.74 Å². The Labute approximate surface area is 174 Å². The fourth-order valence-electron chi connectivity index (χ4n) is 1.94. The molecule has 1 amide bonds. The van der Waals surface area contributed by atoms with Gasteiger partial charge in [0.25, 0.3) is 0 Å². The molecular formula is C18H32IN5O2. The van der Waals surface area contributed by atoms with Crippen molar-refractivity contribution in [3.8, 4) is 5.75 Å². The van der Waals surface area contributed by atoms with E-state index < -0.39 is 0 Å². The standard InChI is InChI=1S/C18H31N5O2.HI/c1-6-19-18(21-14-17(24)23(4)5)20-13-15-9-7-8-10-16(15)25-12-11-22(2)3;/h7-10H,6,11-14H2,1-5H3,(H2,19,20,21);1H. The van der Waals surface area contributed by atoms with Crippen LogP contribution in [0.1, 0.15) is 12.5 Å². The lowest BCUT2D eigenvalue weighted by Crippen LogP contribution is -2.42. The minimum absolute atomic E-state index is 0. The number of halogens is 1. The summed E-state index contributed by atoms with van der Waals surface area (Å²) >= 11 is 0. The van der Waals surface area contributed by atoms with E-state index in [9.17, 15) is 4.79 Å². The third kappa shape index (κ3) is 9.81. The molecule has 0 aliphatic rings. The highest BCUT2D eigenvalue weighted by molar-refractivity contribution is 14.0. The van der Waals surface area contributed by atoms with Crippen LogP contribution in [0.15, 0.2) is 29.3 Å². The molecule has 148 valence electrons. The molecule has 26 heavy (non-hydrogen) atoms. The molecule has 0 bridgehead atoms. The maximum Gasteiger partial charge on any atom is 0.241 e. The number of hydrogen-bond donors (Lipinski definition) is 2. The van der Waals surface area contributed by atoms with E-state index in [1.807, 2.05) is 45.3 Å². The topological polar surface area (TPSA) is 69.2 Å². The number of ether oxygens (including phenoxy) is 1. The zero-order valence-corrected chi connectivity index (χ0v) is 18.7. The van der Waals surface area contributed by atoms with Gasteiger partial charge in [-0.2, -0.15) is 0 Å². The summed E-state index contributed by atoms with van der Waals surface area (Å²) in [5.41, 5.74) is 1.01. The molecule has 0 aliphatic heterocycles. The summed E-state index contributed by atoms with van der Waals surface area (Å²) in [6.07, 6.45) is 0. The van der Waals surface area contributed by atoms with Gasteiger partial charge < -0.3 is 25.2 Å². The van der Waals surface area contributed by atoms with E-state index in [0.29, 0.717) is 19.1 Å². The van der Waals surface area contributed by atoms with Crippen molar-refractivity contribution in [2.45, 2.75) is 13.5 Å². The predicted molar refractivity (Wildman–Crippen MR) is 117 cm³/mol. The summed E-state index contributed by atoms with van der Waals surface area (Å²) in [7, 11) is 7.50. The fraction of sp³-hybridized carbons (Fsp3) is 0.556. The molecule has 0 radical (unpaired) electrons. The average molecular weight is 477 g/mol. The van der Waals surface area contributed by atoms with Crippen LogP contribution in [0.2, 0.25) is 0 Å². The van der Waals surface area contributed by atoms with E-state index in [1.54, 1.807) is 19.0 Å². The van der Waals surface area contributed by atoms with Gasteiger partial charge in [-0.1, -0.05) is 18.2 Å². The lowest BCUT2D eigenvalue weighted by Gasteiger charge is -2.15. The first-order valence-electron chi connectivity index (χ1n) is 8.51. The quantitative estimate of drug-likeness (QED) is 0.320. The molecule has 0 unspecified atom stereocenters. The van der Waals surface area contributed by atoms with Crippen molar-refractivity contribution in [1.29, 1.82) is 0 Å². The highest BCUT2D eigenvalue weighted by Gasteiger charge is 2.07. The zero-order valence-electron chi connectivity index (χ0n) is 16.4. The van der Waals surface area contributed by atoms with Crippen LogP contribution < -0.4 is 15.4 Å². The number of carbonyl (C=O) groups excluding carboxylic acids is 1. The van der Waals surface area contributed by atoms with E-state index in [1.165, 1.54) is 0 Å². The predicted octanol–water partition coefficient (Wildman–Crippen LogP) is 1.39. The first-order chi connectivity index (χ1) is 11.9. The zero-order chi connectivity index (χ0) is 18.7. The average Bonchev–Trinajstić information content (AvgIpc) is 2.57. The van der Waals surface area contributed by atoms with Crippen LogP contribution in [-0.4, -0.2) is 76.1 Å². The third-order valence-corrected chi connectivity index (χ3v) is 3.43. The maximum absolute atomic E-state index is 11.7. The Morgan fingerprint density at radius 3 is 2.46 bits per heavy atom. The first kappa shape index (κ1) is 24.5. The molecular weight excluding hydrogens is 445 g/mol. The number of benzene rings is 1. The number of guanidine groups is 1. The van der Waals surface area contributed by atoms with Gasteiger partial charge in [0.05, 0.1) is 13.1 Å². The molecule has 7 nitrogen and oxygen atoms in total. The molecule has 0 aromatic heterocycles. The van der Waals surface area contributed by atoms with Gasteiger partial charge in [-0.25, -0.2) is 4.99 Å². The lowest BCUT2D eigenvalue weighted by atomic mass is 10.2. The Hall–Kier alpha value is -1.55. The summed E-state index contributed by atoms with van der Waals surface area (Å²) in [6.45, 7) is 4.88. The van der Waals surface area contributed by atoms with Crippen molar-refractivity contribution < 1.29 is 9.53 Å². The smallest absolute Gasteiger partial charge is 0.241 e. The van der Waals surface area contributed by atoms with E-state index in [-0.39, 0.29) is 36.4 Å². The highest BCUT2D eigenvalue weighted by atomic mass is 127. The van der Waals surface area contributed by atoms with E-state index in [0.717, 1.165) is 24.4 Å². The molecule has 0 saturated carbocycles. The summed E-state index contributed by atoms with van der Waals surface area (Å²) in [5.74, 6) is 1.45. The molecule has 0 heterocycles. The molecule has 0 spiro atoms. The molecule has 2 N–H and O–H groups in total. The Morgan fingerprint density at radius 2 is 1.85 bits per heavy atom. The number of nitrogens with one attached hydrogen (secondary N) is 2. The number of para-hydroxylation sites is 1. The van der Waals surface area contributed by atoms with Gasteiger partial charge in [0.1, 0.15) is 12.4 Å². The van der Waals surface area contributed by atoms with Crippen molar-refractivity contribution in [1.82, 2.24) is 20.4 Å². The van der Waals surface area contributed by atoms with Crippen LogP contribution >= 0.6 is 24.0 Å². The van der Waals surface area contributed by atoms with Gasteiger partial charge >= 0.3 is 0 Å². The number of likely N-dealkylation sites (N-methyl/N-ethyl adjacent to an activating group) is 2. The van der Waals surface area contributed by atoms with Crippen LogP contribution in [0.25, 0.3) is 0 Å². The minimum Gasteiger partial charge on any atom is -0.492 e. The highest BCUT2D eigenvalue weighted by Crippen LogP contribution is 2.18. The second kappa shape index (κ2) is 13.6. The second-order valence-electron chi connectivity index (χ2n) is 6.10. The van der Waals surface area contributed by atoms with Gasteiger partial charge in [0, 0.05) is 32.7 Å². The van der Waals surface area contributed by atoms with Crippen molar-refractivity contribution >= 4 is 35.8 Å². The molecule has 1 aromatic rings. The number of amides is 1.